The third kappa shape index (κ3) is 2.79. The minimum absolute atomic E-state index is 0.183. The predicted molar refractivity (Wildman–Crippen MR) is 80.4 cm³/mol. The molecule has 1 aliphatic carbocycles. The molecule has 1 heterocycles. The Kier molecular flexibility index (Phi) is 4.04. The Bertz CT molecular complexity index is 598. The molecule has 1 saturated heterocycles. The number of likely N-dealkylation sites (tertiary alicyclic amines) is 1. The maximum atomic E-state index is 12.3. The van der Waals surface area contributed by atoms with E-state index >= 15 is 0 Å². The number of carbonyl (C=O) groups is 3. The summed E-state index contributed by atoms with van der Waals surface area (Å²) in [5.41, 5.74) is 0.979. The van der Waals surface area contributed by atoms with E-state index in [0.29, 0.717) is 19.4 Å². The van der Waals surface area contributed by atoms with Gasteiger partial charge in [-0.2, -0.15) is 0 Å². The predicted octanol–water partition coefficient (Wildman–Crippen LogP) is 1.25. The molecule has 0 saturated carbocycles. The number of rotatable bonds is 4. The highest BCUT2D eigenvalue weighted by molar-refractivity contribution is 6.07. The second kappa shape index (κ2) is 6.13. The number of nitrogens with zero attached hydrogens (tertiary/aromatic N) is 1. The van der Waals surface area contributed by atoms with Gasteiger partial charge in [-0.25, -0.2) is 0 Å². The van der Waals surface area contributed by atoms with Crippen LogP contribution in [-0.4, -0.2) is 29.2 Å². The largest absolute Gasteiger partial charge is 0.350 e. The molecule has 22 heavy (non-hydrogen) atoms. The average molecular weight is 298 g/mol. The van der Waals surface area contributed by atoms with E-state index in [4.69, 9.17) is 0 Å². The number of imide groups is 1. The lowest BCUT2D eigenvalue weighted by Crippen LogP contribution is -2.40. The summed E-state index contributed by atoms with van der Waals surface area (Å²) in [7, 11) is 0. The first-order chi connectivity index (χ1) is 10.7. The van der Waals surface area contributed by atoms with Gasteiger partial charge in [0, 0.05) is 6.54 Å². The second-order valence-electron chi connectivity index (χ2n) is 5.68. The number of allylic oxidation sites excluding steroid dienone is 2. The molecule has 0 unspecified atom stereocenters. The zero-order valence-corrected chi connectivity index (χ0v) is 12.2. The second-order valence-corrected chi connectivity index (χ2v) is 5.68. The van der Waals surface area contributed by atoms with E-state index in [1.165, 1.54) is 0 Å². The van der Waals surface area contributed by atoms with Crippen LogP contribution >= 0.6 is 0 Å². The van der Waals surface area contributed by atoms with Gasteiger partial charge in [0.25, 0.3) is 0 Å². The molecule has 1 N–H and O–H groups in total. The maximum Gasteiger partial charge on any atom is 0.240 e. The molecule has 0 radical (unpaired) electrons. The van der Waals surface area contributed by atoms with E-state index in [9.17, 15) is 14.4 Å². The fourth-order valence-corrected chi connectivity index (χ4v) is 3.02. The van der Waals surface area contributed by atoms with E-state index in [1.807, 2.05) is 42.5 Å². The minimum atomic E-state index is -0.308. The van der Waals surface area contributed by atoms with E-state index in [2.05, 4.69) is 5.32 Å². The van der Waals surface area contributed by atoms with Crippen LogP contribution in [0.1, 0.15) is 18.4 Å². The lowest BCUT2D eigenvalue weighted by atomic mass is 9.85. The van der Waals surface area contributed by atoms with Crippen molar-refractivity contribution in [3.05, 3.63) is 48.0 Å². The summed E-state index contributed by atoms with van der Waals surface area (Å²) in [6.45, 7) is 0.210. The first-order valence-electron chi connectivity index (χ1n) is 7.47. The minimum Gasteiger partial charge on any atom is -0.350 e. The summed E-state index contributed by atoms with van der Waals surface area (Å²) in [6.07, 6.45) is 5.06. The van der Waals surface area contributed by atoms with Crippen LogP contribution in [0.5, 0.6) is 0 Å². The summed E-state index contributed by atoms with van der Waals surface area (Å²) in [6, 6.07) is 9.52. The zero-order chi connectivity index (χ0) is 15.5. The van der Waals surface area contributed by atoms with Crippen molar-refractivity contribution < 1.29 is 14.4 Å². The van der Waals surface area contributed by atoms with Crippen molar-refractivity contribution in [2.24, 2.45) is 11.8 Å². The van der Waals surface area contributed by atoms with Crippen molar-refractivity contribution in [1.82, 2.24) is 10.2 Å². The van der Waals surface area contributed by atoms with Crippen LogP contribution in [0.15, 0.2) is 42.5 Å². The van der Waals surface area contributed by atoms with Gasteiger partial charge < -0.3 is 5.32 Å². The summed E-state index contributed by atoms with van der Waals surface area (Å²) in [5.74, 6) is -1.29. The number of carbonyl (C=O) groups excluding carboxylic acids is 3. The fourth-order valence-electron chi connectivity index (χ4n) is 3.02. The SMILES string of the molecule is O=C(CN1C(=O)[C@H]2CC=CC[C@H]2C1=O)NCc1ccccc1. The molecule has 114 valence electrons. The van der Waals surface area contributed by atoms with Gasteiger partial charge in [0.15, 0.2) is 0 Å². The summed E-state index contributed by atoms with van der Waals surface area (Å²) in [4.78, 5) is 37.6. The third-order valence-electron chi connectivity index (χ3n) is 4.23. The number of amides is 3. The first-order valence-corrected chi connectivity index (χ1v) is 7.47. The quantitative estimate of drug-likeness (QED) is 0.672. The van der Waals surface area contributed by atoms with Gasteiger partial charge in [0.05, 0.1) is 11.8 Å². The number of hydrogen-bond donors (Lipinski definition) is 1. The molecule has 5 nitrogen and oxygen atoms in total. The molecule has 1 fully saturated rings. The Morgan fingerprint density at radius 1 is 1.05 bits per heavy atom. The Hall–Kier alpha value is -2.43. The average Bonchev–Trinajstić information content (AvgIpc) is 2.79. The number of nitrogens with one attached hydrogen (secondary N) is 1. The smallest absolute Gasteiger partial charge is 0.240 e. The first kappa shape index (κ1) is 14.5. The van der Waals surface area contributed by atoms with Crippen LogP contribution in [0.25, 0.3) is 0 Å². The highest BCUT2D eigenvalue weighted by Crippen LogP contribution is 2.34. The van der Waals surface area contributed by atoms with Crippen LogP contribution in [0.4, 0.5) is 0 Å². The zero-order valence-electron chi connectivity index (χ0n) is 12.2. The Labute approximate surface area is 129 Å². The molecule has 1 aromatic carbocycles. The van der Waals surface area contributed by atoms with Crippen molar-refractivity contribution in [1.29, 1.82) is 0 Å². The van der Waals surface area contributed by atoms with Gasteiger partial charge in [-0.15, -0.1) is 0 Å². The van der Waals surface area contributed by atoms with E-state index < -0.39 is 0 Å². The van der Waals surface area contributed by atoms with Crippen molar-refractivity contribution in [3.63, 3.8) is 0 Å². The summed E-state index contributed by atoms with van der Waals surface area (Å²) in [5, 5.41) is 2.75. The molecule has 5 heteroatoms. The Balaban J connectivity index is 1.57. The molecule has 1 aliphatic heterocycles. The van der Waals surface area contributed by atoms with Crippen LogP contribution in [0, 0.1) is 11.8 Å². The summed E-state index contributed by atoms with van der Waals surface area (Å²) < 4.78 is 0. The van der Waals surface area contributed by atoms with Crippen molar-refractivity contribution in [2.75, 3.05) is 6.54 Å². The van der Waals surface area contributed by atoms with Crippen LogP contribution in [0.3, 0.4) is 0 Å². The summed E-state index contributed by atoms with van der Waals surface area (Å²) >= 11 is 0. The topological polar surface area (TPSA) is 66.5 Å². The van der Waals surface area contributed by atoms with Crippen molar-refractivity contribution in [2.45, 2.75) is 19.4 Å². The number of hydrogen-bond acceptors (Lipinski definition) is 3. The van der Waals surface area contributed by atoms with Gasteiger partial charge in [0.1, 0.15) is 6.54 Å². The van der Waals surface area contributed by atoms with Gasteiger partial charge >= 0.3 is 0 Å². The van der Waals surface area contributed by atoms with E-state index in [0.717, 1.165) is 10.5 Å². The lowest BCUT2D eigenvalue weighted by Gasteiger charge is -2.14. The highest BCUT2D eigenvalue weighted by Gasteiger charge is 2.47. The maximum absolute atomic E-state index is 12.3. The van der Waals surface area contributed by atoms with E-state index in [1.54, 1.807) is 0 Å². The lowest BCUT2D eigenvalue weighted by molar-refractivity contribution is -0.143. The molecule has 3 rings (SSSR count). The molecule has 2 atom stereocenters. The normalized spacial score (nSPS) is 23.5. The third-order valence-corrected chi connectivity index (χ3v) is 4.23. The molecular weight excluding hydrogens is 280 g/mol. The molecule has 3 amide bonds. The van der Waals surface area contributed by atoms with Crippen LogP contribution in [0.2, 0.25) is 0 Å². The number of fused-ring (bicyclic) bond motifs is 1. The Morgan fingerprint density at radius 2 is 1.64 bits per heavy atom. The Morgan fingerprint density at radius 3 is 2.23 bits per heavy atom. The van der Waals surface area contributed by atoms with Crippen molar-refractivity contribution in [3.8, 4) is 0 Å². The van der Waals surface area contributed by atoms with Gasteiger partial charge in [-0.1, -0.05) is 42.5 Å². The molecule has 1 aromatic rings. The monoisotopic (exact) mass is 298 g/mol. The number of benzene rings is 1. The van der Waals surface area contributed by atoms with Crippen molar-refractivity contribution >= 4 is 17.7 Å². The standard InChI is InChI=1S/C17H18N2O3/c20-15(18-10-12-6-2-1-3-7-12)11-19-16(21)13-8-4-5-9-14(13)17(19)22/h1-7,13-14H,8-11H2,(H,18,20)/t13-,14+. The molecule has 2 aliphatic rings. The molecule has 0 bridgehead atoms. The van der Waals surface area contributed by atoms with Crippen LogP contribution in [-0.2, 0) is 20.9 Å². The highest BCUT2D eigenvalue weighted by atomic mass is 16.2. The van der Waals surface area contributed by atoms with E-state index in [-0.39, 0.29) is 36.1 Å². The molecule has 0 aromatic heterocycles. The molecule has 0 spiro atoms. The van der Waals surface area contributed by atoms with Gasteiger partial charge in [0.2, 0.25) is 17.7 Å². The van der Waals surface area contributed by atoms with Crippen LogP contribution < -0.4 is 5.32 Å². The van der Waals surface area contributed by atoms with Gasteiger partial charge in [-0.3, -0.25) is 19.3 Å². The van der Waals surface area contributed by atoms with Gasteiger partial charge in [-0.05, 0) is 18.4 Å². The molecular formula is C17H18N2O3. The fraction of sp³-hybridized carbons (Fsp3) is 0.353.